The quantitative estimate of drug-likeness (QED) is 0.853. The molecule has 1 aliphatic carbocycles. The average molecular weight is 267 g/mol. The summed E-state index contributed by atoms with van der Waals surface area (Å²) in [4.78, 5) is 0. The van der Waals surface area contributed by atoms with Crippen molar-refractivity contribution in [3.63, 3.8) is 0 Å². The Kier molecular flexibility index (Phi) is 4.45. The summed E-state index contributed by atoms with van der Waals surface area (Å²) in [5.41, 5.74) is 0.241. The third kappa shape index (κ3) is 3.32. The average Bonchev–Trinajstić information content (AvgIpc) is 2.88. The summed E-state index contributed by atoms with van der Waals surface area (Å²) in [6.45, 7) is 5.23. The van der Waals surface area contributed by atoms with E-state index in [0.29, 0.717) is 12.1 Å². The van der Waals surface area contributed by atoms with Crippen LogP contribution in [0.15, 0.2) is 0 Å². The van der Waals surface area contributed by atoms with Gasteiger partial charge in [-0.3, -0.25) is 0 Å². The smallest absolute Gasteiger partial charge is 0.0697 e. The van der Waals surface area contributed by atoms with Crippen LogP contribution in [0.2, 0.25) is 0 Å². The molecule has 0 aromatic rings. The lowest BCUT2D eigenvalue weighted by Crippen LogP contribution is -2.50. The van der Waals surface area contributed by atoms with Gasteiger partial charge in [0.25, 0.3) is 0 Å². The van der Waals surface area contributed by atoms with E-state index in [1.165, 1.54) is 51.4 Å². The third-order valence-corrected chi connectivity index (χ3v) is 5.48. The molecular formula is C16H29NO2. The maximum absolute atomic E-state index is 6.12. The Hall–Kier alpha value is -0.120. The van der Waals surface area contributed by atoms with Crippen LogP contribution in [0, 0.1) is 5.92 Å². The van der Waals surface area contributed by atoms with E-state index in [1.807, 2.05) is 0 Å². The monoisotopic (exact) mass is 267 g/mol. The molecule has 1 spiro atoms. The normalized spacial score (nSPS) is 33.6. The van der Waals surface area contributed by atoms with Crippen molar-refractivity contribution >= 4 is 0 Å². The largest absolute Gasteiger partial charge is 0.381 e. The maximum Gasteiger partial charge on any atom is 0.0697 e. The van der Waals surface area contributed by atoms with E-state index < -0.39 is 0 Å². The molecule has 1 N–H and O–H groups in total. The van der Waals surface area contributed by atoms with Crippen molar-refractivity contribution in [2.24, 2.45) is 5.92 Å². The standard InChI is InChI=1S/C16H29NO2/c1-13(14-4-9-18-10-5-14)17-15-6-11-19-16(12-15)7-2-3-8-16/h13-15,17H,2-12H2,1H3. The first-order valence-electron chi connectivity index (χ1n) is 8.25. The van der Waals surface area contributed by atoms with Crippen LogP contribution in [0.4, 0.5) is 0 Å². The predicted molar refractivity (Wildman–Crippen MR) is 76.3 cm³/mol. The van der Waals surface area contributed by atoms with Crippen LogP contribution in [-0.4, -0.2) is 37.5 Å². The fourth-order valence-corrected chi connectivity index (χ4v) is 4.26. The molecule has 2 atom stereocenters. The second-order valence-electron chi connectivity index (χ2n) is 6.83. The second-order valence-corrected chi connectivity index (χ2v) is 6.83. The van der Waals surface area contributed by atoms with Gasteiger partial charge < -0.3 is 14.8 Å². The van der Waals surface area contributed by atoms with Crippen LogP contribution in [0.5, 0.6) is 0 Å². The molecule has 0 amide bonds. The summed E-state index contributed by atoms with van der Waals surface area (Å²) in [5.74, 6) is 0.802. The van der Waals surface area contributed by atoms with Gasteiger partial charge in [-0.05, 0) is 51.4 Å². The van der Waals surface area contributed by atoms with Crippen LogP contribution >= 0.6 is 0 Å². The first-order chi connectivity index (χ1) is 9.27. The Bertz CT molecular complexity index is 282. The fraction of sp³-hybridized carbons (Fsp3) is 1.00. The van der Waals surface area contributed by atoms with E-state index in [9.17, 15) is 0 Å². The summed E-state index contributed by atoms with van der Waals surface area (Å²) in [5, 5.41) is 3.90. The second kappa shape index (κ2) is 6.11. The molecule has 110 valence electrons. The van der Waals surface area contributed by atoms with Crippen LogP contribution in [0.25, 0.3) is 0 Å². The highest BCUT2D eigenvalue weighted by molar-refractivity contribution is 4.94. The van der Waals surface area contributed by atoms with Crippen molar-refractivity contribution in [2.75, 3.05) is 19.8 Å². The molecule has 19 heavy (non-hydrogen) atoms. The van der Waals surface area contributed by atoms with Gasteiger partial charge in [0.05, 0.1) is 5.60 Å². The van der Waals surface area contributed by atoms with Gasteiger partial charge in [-0.25, -0.2) is 0 Å². The highest BCUT2D eigenvalue weighted by Gasteiger charge is 2.40. The first kappa shape index (κ1) is 13.8. The summed E-state index contributed by atoms with van der Waals surface area (Å²) in [6.07, 6.45) is 10.2. The van der Waals surface area contributed by atoms with E-state index in [2.05, 4.69) is 12.2 Å². The predicted octanol–water partition coefficient (Wildman–Crippen LogP) is 2.88. The van der Waals surface area contributed by atoms with Gasteiger partial charge in [0.1, 0.15) is 0 Å². The van der Waals surface area contributed by atoms with Gasteiger partial charge in [0, 0.05) is 31.9 Å². The Morgan fingerprint density at radius 1 is 1.05 bits per heavy atom. The lowest BCUT2D eigenvalue weighted by Gasteiger charge is -2.41. The van der Waals surface area contributed by atoms with Gasteiger partial charge in [-0.2, -0.15) is 0 Å². The summed E-state index contributed by atoms with van der Waals surface area (Å²) in [7, 11) is 0. The zero-order chi connectivity index (χ0) is 13.1. The molecule has 3 heteroatoms. The van der Waals surface area contributed by atoms with Crippen molar-refractivity contribution in [2.45, 2.75) is 76.0 Å². The molecule has 0 aromatic heterocycles. The first-order valence-corrected chi connectivity index (χ1v) is 8.25. The topological polar surface area (TPSA) is 30.5 Å². The van der Waals surface area contributed by atoms with Crippen LogP contribution in [0.3, 0.4) is 0 Å². The molecular weight excluding hydrogens is 238 g/mol. The number of nitrogens with one attached hydrogen (secondary N) is 1. The summed E-state index contributed by atoms with van der Waals surface area (Å²) >= 11 is 0. The highest BCUT2D eigenvalue weighted by atomic mass is 16.5. The van der Waals surface area contributed by atoms with Crippen molar-refractivity contribution < 1.29 is 9.47 Å². The van der Waals surface area contributed by atoms with Crippen molar-refractivity contribution in [3.05, 3.63) is 0 Å². The molecule has 3 fully saturated rings. The van der Waals surface area contributed by atoms with Crippen molar-refractivity contribution in [1.82, 2.24) is 5.32 Å². The fourth-order valence-electron chi connectivity index (χ4n) is 4.26. The minimum atomic E-state index is 0.241. The Balaban J connectivity index is 1.51. The Morgan fingerprint density at radius 3 is 2.53 bits per heavy atom. The molecule has 1 saturated carbocycles. The third-order valence-electron chi connectivity index (χ3n) is 5.48. The molecule has 3 nitrogen and oxygen atoms in total. The minimum absolute atomic E-state index is 0.241. The number of hydrogen-bond acceptors (Lipinski definition) is 3. The summed E-state index contributed by atoms with van der Waals surface area (Å²) in [6, 6.07) is 1.30. The van der Waals surface area contributed by atoms with E-state index >= 15 is 0 Å². The molecule has 3 rings (SSSR count). The number of hydrogen-bond donors (Lipinski definition) is 1. The van der Waals surface area contributed by atoms with Crippen molar-refractivity contribution in [1.29, 1.82) is 0 Å². The van der Waals surface area contributed by atoms with E-state index in [4.69, 9.17) is 9.47 Å². The van der Waals surface area contributed by atoms with Gasteiger partial charge in [-0.1, -0.05) is 12.8 Å². The van der Waals surface area contributed by atoms with Gasteiger partial charge in [-0.15, -0.1) is 0 Å². The zero-order valence-electron chi connectivity index (χ0n) is 12.3. The Labute approximate surface area is 117 Å². The lowest BCUT2D eigenvalue weighted by molar-refractivity contribution is -0.0858. The number of ether oxygens (including phenoxy) is 2. The van der Waals surface area contributed by atoms with Crippen LogP contribution in [-0.2, 0) is 9.47 Å². The zero-order valence-corrected chi connectivity index (χ0v) is 12.3. The lowest BCUT2D eigenvalue weighted by atomic mass is 9.86. The van der Waals surface area contributed by atoms with Gasteiger partial charge >= 0.3 is 0 Å². The van der Waals surface area contributed by atoms with E-state index in [0.717, 1.165) is 25.7 Å². The molecule has 2 heterocycles. The maximum atomic E-state index is 6.12. The Morgan fingerprint density at radius 2 is 1.79 bits per heavy atom. The SMILES string of the molecule is CC(NC1CCOC2(CCCC2)C1)C1CCOCC1. The molecule has 2 saturated heterocycles. The van der Waals surface area contributed by atoms with E-state index in [1.54, 1.807) is 0 Å². The molecule has 2 unspecified atom stereocenters. The molecule has 0 aromatic carbocycles. The van der Waals surface area contributed by atoms with Gasteiger partial charge in [0.2, 0.25) is 0 Å². The van der Waals surface area contributed by atoms with Crippen LogP contribution in [0.1, 0.15) is 58.3 Å². The summed E-state index contributed by atoms with van der Waals surface area (Å²) < 4.78 is 11.6. The molecule has 0 radical (unpaired) electrons. The number of rotatable bonds is 3. The van der Waals surface area contributed by atoms with Gasteiger partial charge in [0.15, 0.2) is 0 Å². The van der Waals surface area contributed by atoms with Crippen molar-refractivity contribution in [3.8, 4) is 0 Å². The van der Waals surface area contributed by atoms with Crippen LogP contribution < -0.4 is 5.32 Å². The minimum Gasteiger partial charge on any atom is -0.381 e. The highest BCUT2D eigenvalue weighted by Crippen LogP contribution is 2.40. The molecule has 2 aliphatic heterocycles. The molecule has 0 bridgehead atoms. The van der Waals surface area contributed by atoms with E-state index in [-0.39, 0.29) is 5.60 Å². The molecule has 3 aliphatic rings.